The molecule has 3 rings (SSSR count). The van der Waals surface area contributed by atoms with Crippen molar-refractivity contribution in [3.8, 4) is 5.69 Å². The lowest BCUT2D eigenvalue weighted by Gasteiger charge is -2.18. The van der Waals surface area contributed by atoms with Gasteiger partial charge in [-0.3, -0.25) is 4.79 Å². The molecule has 8 heteroatoms. The molecule has 1 aliphatic heterocycles. The molecule has 0 spiro atoms. The van der Waals surface area contributed by atoms with E-state index in [-0.39, 0.29) is 18.3 Å². The van der Waals surface area contributed by atoms with E-state index < -0.39 is 0 Å². The third-order valence-corrected chi connectivity index (χ3v) is 4.12. The molecular formula is C15H19Cl2N5O. The van der Waals surface area contributed by atoms with Crippen LogP contribution in [0.15, 0.2) is 24.3 Å². The van der Waals surface area contributed by atoms with Crippen LogP contribution in [0, 0.1) is 6.92 Å². The number of nitrogens with one attached hydrogen (secondary N) is 1. The van der Waals surface area contributed by atoms with Gasteiger partial charge < -0.3 is 10.2 Å². The molecule has 1 amide bonds. The van der Waals surface area contributed by atoms with E-state index in [1.165, 1.54) is 0 Å². The molecule has 2 aromatic rings. The lowest BCUT2D eigenvalue weighted by Crippen LogP contribution is -2.34. The maximum absolute atomic E-state index is 12.7. The molecule has 2 heterocycles. The Hall–Kier alpha value is -1.63. The van der Waals surface area contributed by atoms with Crippen LogP contribution in [0.1, 0.15) is 22.6 Å². The molecule has 1 fully saturated rings. The summed E-state index contributed by atoms with van der Waals surface area (Å²) in [4.78, 5) is 14.5. The molecule has 1 aliphatic rings. The molecule has 1 N–H and O–H groups in total. The van der Waals surface area contributed by atoms with Crippen molar-refractivity contribution in [2.45, 2.75) is 13.3 Å². The van der Waals surface area contributed by atoms with E-state index in [9.17, 15) is 4.79 Å². The SMILES string of the molecule is Cc1c(C(=O)N2CCCNCC2)nnn1-c1ccccc1Cl.Cl. The Morgan fingerprint density at radius 1 is 1.26 bits per heavy atom. The number of rotatable bonds is 2. The summed E-state index contributed by atoms with van der Waals surface area (Å²) in [6.45, 7) is 5.02. The standard InChI is InChI=1S/C15H18ClN5O.ClH/c1-11-14(15(22)20-9-4-7-17-8-10-20)18-19-21(11)13-6-3-2-5-12(13)16;/h2-3,5-6,17H,4,7-10H2,1H3;1H. The number of amides is 1. The van der Waals surface area contributed by atoms with Crippen molar-refractivity contribution < 1.29 is 4.79 Å². The highest BCUT2D eigenvalue weighted by molar-refractivity contribution is 6.32. The van der Waals surface area contributed by atoms with Crippen molar-refractivity contribution in [3.63, 3.8) is 0 Å². The van der Waals surface area contributed by atoms with Gasteiger partial charge in [0, 0.05) is 19.6 Å². The minimum Gasteiger partial charge on any atom is -0.336 e. The maximum atomic E-state index is 12.7. The first-order chi connectivity index (χ1) is 10.7. The fraction of sp³-hybridized carbons (Fsp3) is 0.400. The van der Waals surface area contributed by atoms with E-state index in [4.69, 9.17) is 11.6 Å². The second-order valence-electron chi connectivity index (χ2n) is 5.28. The third-order valence-electron chi connectivity index (χ3n) is 3.81. The Kier molecular flexibility index (Phi) is 5.98. The highest BCUT2D eigenvalue weighted by Gasteiger charge is 2.24. The van der Waals surface area contributed by atoms with Crippen LogP contribution in [-0.2, 0) is 0 Å². The molecule has 6 nitrogen and oxygen atoms in total. The van der Waals surface area contributed by atoms with Crippen LogP contribution in [0.4, 0.5) is 0 Å². The number of hydrogen-bond acceptors (Lipinski definition) is 4. The number of aromatic nitrogens is 3. The predicted octanol–water partition coefficient (Wildman–Crippen LogP) is 2.09. The van der Waals surface area contributed by atoms with Gasteiger partial charge in [0.15, 0.2) is 5.69 Å². The van der Waals surface area contributed by atoms with E-state index in [0.717, 1.165) is 31.7 Å². The normalized spacial score (nSPS) is 15.0. The van der Waals surface area contributed by atoms with Gasteiger partial charge in [-0.25, -0.2) is 4.68 Å². The summed E-state index contributed by atoms with van der Waals surface area (Å²) in [6.07, 6.45) is 0.948. The van der Waals surface area contributed by atoms with Crippen LogP contribution < -0.4 is 5.32 Å². The summed E-state index contributed by atoms with van der Waals surface area (Å²) >= 11 is 6.20. The van der Waals surface area contributed by atoms with Crippen LogP contribution in [0.25, 0.3) is 5.69 Å². The monoisotopic (exact) mass is 355 g/mol. The minimum absolute atomic E-state index is 0. The first-order valence-electron chi connectivity index (χ1n) is 7.35. The van der Waals surface area contributed by atoms with Crippen molar-refractivity contribution in [2.75, 3.05) is 26.2 Å². The number of nitrogens with zero attached hydrogens (tertiary/aromatic N) is 4. The molecule has 0 bridgehead atoms. The number of benzene rings is 1. The summed E-state index contributed by atoms with van der Waals surface area (Å²) in [7, 11) is 0. The second-order valence-corrected chi connectivity index (χ2v) is 5.69. The molecule has 23 heavy (non-hydrogen) atoms. The Morgan fingerprint density at radius 2 is 2.04 bits per heavy atom. The minimum atomic E-state index is -0.0699. The van der Waals surface area contributed by atoms with Gasteiger partial charge in [0.25, 0.3) is 5.91 Å². The van der Waals surface area contributed by atoms with Gasteiger partial charge in [-0.2, -0.15) is 0 Å². The summed E-state index contributed by atoms with van der Waals surface area (Å²) in [5.74, 6) is -0.0699. The van der Waals surface area contributed by atoms with Crippen LogP contribution in [-0.4, -0.2) is 52.0 Å². The van der Waals surface area contributed by atoms with Gasteiger partial charge in [-0.1, -0.05) is 28.9 Å². The van der Waals surface area contributed by atoms with Crippen molar-refractivity contribution in [2.24, 2.45) is 0 Å². The Morgan fingerprint density at radius 3 is 2.83 bits per heavy atom. The Labute approximate surface area is 146 Å². The molecule has 0 saturated carbocycles. The van der Waals surface area contributed by atoms with Crippen LogP contribution in [0.2, 0.25) is 5.02 Å². The first-order valence-corrected chi connectivity index (χ1v) is 7.73. The summed E-state index contributed by atoms with van der Waals surface area (Å²) in [5, 5.41) is 12.0. The van der Waals surface area contributed by atoms with Gasteiger partial charge in [0.1, 0.15) is 0 Å². The molecule has 0 aliphatic carbocycles. The van der Waals surface area contributed by atoms with Gasteiger partial charge in [0.05, 0.1) is 16.4 Å². The van der Waals surface area contributed by atoms with Gasteiger partial charge in [0.2, 0.25) is 0 Å². The molecule has 0 atom stereocenters. The third kappa shape index (κ3) is 3.65. The van der Waals surface area contributed by atoms with Crippen molar-refractivity contribution in [1.82, 2.24) is 25.2 Å². The Balaban J connectivity index is 0.00000192. The summed E-state index contributed by atoms with van der Waals surface area (Å²) in [5.41, 5.74) is 1.82. The summed E-state index contributed by atoms with van der Waals surface area (Å²) in [6, 6.07) is 7.38. The van der Waals surface area contributed by atoms with Gasteiger partial charge in [-0.15, -0.1) is 17.5 Å². The molecule has 124 valence electrons. The quantitative estimate of drug-likeness (QED) is 0.895. The number of hydrogen-bond donors (Lipinski definition) is 1. The summed E-state index contributed by atoms with van der Waals surface area (Å²) < 4.78 is 1.62. The Bertz CT molecular complexity index is 680. The van der Waals surface area contributed by atoms with Gasteiger partial charge in [-0.05, 0) is 32.0 Å². The fourth-order valence-corrected chi connectivity index (χ4v) is 2.79. The number of halogens is 2. The number of para-hydroxylation sites is 1. The molecule has 0 radical (unpaired) electrons. The average molecular weight is 356 g/mol. The number of carbonyl (C=O) groups is 1. The van der Waals surface area contributed by atoms with Crippen molar-refractivity contribution in [3.05, 3.63) is 40.7 Å². The smallest absolute Gasteiger partial charge is 0.276 e. The van der Waals surface area contributed by atoms with Crippen molar-refractivity contribution >= 4 is 29.9 Å². The van der Waals surface area contributed by atoms with Crippen LogP contribution in [0.3, 0.4) is 0 Å². The molecule has 0 unspecified atom stereocenters. The van der Waals surface area contributed by atoms with E-state index >= 15 is 0 Å². The van der Waals surface area contributed by atoms with Crippen molar-refractivity contribution in [1.29, 1.82) is 0 Å². The van der Waals surface area contributed by atoms with Crippen LogP contribution >= 0.6 is 24.0 Å². The molecule has 1 saturated heterocycles. The fourth-order valence-electron chi connectivity index (χ4n) is 2.58. The highest BCUT2D eigenvalue weighted by Crippen LogP contribution is 2.21. The zero-order valence-electron chi connectivity index (χ0n) is 12.8. The van der Waals surface area contributed by atoms with E-state index in [2.05, 4.69) is 15.6 Å². The predicted molar refractivity (Wildman–Crippen MR) is 91.7 cm³/mol. The molecule has 1 aromatic carbocycles. The van der Waals surface area contributed by atoms with E-state index in [1.54, 1.807) is 10.7 Å². The van der Waals surface area contributed by atoms with Crippen LogP contribution in [0.5, 0.6) is 0 Å². The topological polar surface area (TPSA) is 63.1 Å². The zero-order chi connectivity index (χ0) is 15.5. The first kappa shape index (κ1) is 17.7. The second kappa shape index (κ2) is 7.77. The number of carbonyl (C=O) groups excluding carboxylic acids is 1. The zero-order valence-corrected chi connectivity index (χ0v) is 14.4. The van der Waals surface area contributed by atoms with E-state index in [0.29, 0.717) is 23.0 Å². The highest BCUT2D eigenvalue weighted by atomic mass is 35.5. The lowest BCUT2D eigenvalue weighted by molar-refractivity contribution is 0.0759. The molecule has 1 aromatic heterocycles. The maximum Gasteiger partial charge on any atom is 0.276 e. The van der Waals surface area contributed by atoms with E-state index in [1.807, 2.05) is 30.0 Å². The lowest BCUT2D eigenvalue weighted by atomic mass is 10.2. The van der Waals surface area contributed by atoms with Gasteiger partial charge >= 0.3 is 0 Å². The molecular weight excluding hydrogens is 337 g/mol. The average Bonchev–Trinajstić information content (AvgIpc) is 2.75. The largest absolute Gasteiger partial charge is 0.336 e.